The number of carbonyl (C=O) groups is 1. The standard InChI is InChI=1S/C19H16Cl3N3O/c1-11-6-7-12(2)13(8-11)19(26)23-18-17(22)10-25(24-18)9-14-15(20)4-3-5-16(14)21/h3-8,10H,9H2,1-2H3,(H,23,24,26). The number of aromatic nitrogens is 2. The number of carbonyl (C=O) groups excluding carboxylic acids is 1. The van der Waals surface area contributed by atoms with Gasteiger partial charge in [0.05, 0.1) is 6.54 Å². The van der Waals surface area contributed by atoms with Gasteiger partial charge in [-0.3, -0.25) is 9.48 Å². The normalized spacial score (nSPS) is 10.8. The third kappa shape index (κ3) is 4.04. The van der Waals surface area contributed by atoms with Gasteiger partial charge in [0.2, 0.25) is 0 Å². The molecule has 3 aromatic rings. The number of amides is 1. The average molecular weight is 409 g/mol. The first-order valence-electron chi connectivity index (χ1n) is 7.89. The Morgan fingerprint density at radius 1 is 1.08 bits per heavy atom. The van der Waals surface area contributed by atoms with Crippen molar-refractivity contribution in [2.45, 2.75) is 20.4 Å². The Labute approximate surface area is 166 Å². The molecule has 4 nitrogen and oxygen atoms in total. The van der Waals surface area contributed by atoms with Crippen molar-refractivity contribution < 1.29 is 4.79 Å². The number of hydrogen-bond acceptors (Lipinski definition) is 2. The number of benzene rings is 2. The van der Waals surface area contributed by atoms with E-state index >= 15 is 0 Å². The maximum atomic E-state index is 12.6. The van der Waals surface area contributed by atoms with E-state index in [2.05, 4.69) is 10.4 Å². The van der Waals surface area contributed by atoms with Crippen LogP contribution in [0.1, 0.15) is 27.0 Å². The molecule has 1 heterocycles. The molecule has 0 radical (unpaired) electrons. The fraction of sp³-hybridized carbons (Fsp3) is 0.158. The predicted molar refractivity (Wildman–Crippen MR) is 107 cm³/mol. The molecule has 26 heavy (non-hydrogen) atoms. The van der Waals surface area contributed by atoms with E-state index in [-0.39, 0.29) is 5.91 Å². The molecule has 0 unspecified atom stereocenters. The topological polar surface area (TPSA) is 46.9 Å². The maximum Gasteiger partial charge on any atom is 0.257 e. The summed E-state index contributed by atoms with van der Waals surface area (Å²) in [5.74, 6) is 0.0369. The Kier molecular flexibility index (Phi) is 5.56. The van der Waals surface area contributed by atoms with Crippen molar-refractivity contribution >= 4 is 46.5 Å². The molecule has 0 saturated carbocycles. The lowest BCUT2D eigenvalue weighted by molar-refractivity contribution is 0.102. The second-order valence-electron chi connectivity index (χ2n) is 6.00. The summed E-state index contributed by atoms with van der Waals surface area (Å²) in [4.78, 5) is 12.6. The second-order valence-corrected chi connectivity index (χ2v) is 7.22. The van der Waals surface area contributed by atoms with Gasteiger partial charge >= 0.3 is 0 Å². The molecular formula is C19H16Cl3N3O. The van der Waals surface area contributed by atoms with Gasteiger partial charge in [0.15, 0.2) is 5.82 Å². The minimum Gasteiger partial charge on any atom is -0.304 e. The summed E-state index contributed by atoms with van der Waals surface area (Å²) < 4.78 is 1.59. The van der Waals surface area contributed by atoms with Gasteiger partial charge < -0.3 is 5.32 Å². The number of halogens is 3. The second kappa shape index (κ2) is 7.70. The lowest BCUT2D eigenvalue weighted by atomic mass is 10.1. The van der Waals surface area contributed by atoms with Crippen molar-refractivity contribution in [2.75, 3.05) is 5.32 Å². The number of aryl methyl sites for hydroxylation is 2. The lowest BCUT2D eigenvalue weighted by Crippen LogP contribution is -2.14. The smallest absolute Gasteiger partial charge is 0.257 e. The van der Waals surface area contributed by atoms with Crippen molar-refractivity contribution in [1.82, 2.24) is 9.78 Å². The summed E-state index contributed by atoms with van der Waals surface area (Å²) in [5, 5.41) is 8.53. The molecule has 0 bridgehead atoms. The van der Waals surface area contributed by atoms with E-state index < -0.39 is 0 Å². The van der Waals surface area contributed by atoms with Crippen LogP contribution in [0.5, 0.6) is 0 Å². The van der Waals surface area contributed by atoms with Crippen LogP contribution in [0.25, 0.3) is 0 Å². The summed E-state index contributed by atoms with van der Waals surface area (Å²) in [6.45, 7) is 4.16. The molecule has 1 N–H and O–H groups in total. The first-order valence-corrected chi connectivity index (χ1v) is 9.03. The molecule has 7 heteroatoms. The Morgan fingerprint density at radius 2 is 1.77 bits per heavy atom. The number of anilines is 1. The summed E-state index contributed by atoms with van der Waals surface area (Å²) in [5.41, 5.74) is 3.21. The summed E-state index contributed by atoms with van der Waals surface area (Å²) in [6, 6.07) is 11.0. The minimum absolute atomic E-state index is 0.255. The van der Waals surface area contributed by atoms with Crippen molar-refractivity contribution in [3.05, 3.63) is 79.9 Å². The van der Waals surface area contributed by atoms with Gasteiger partial charge in [-0.25, -0.2) is 0 Å². The molecular weight excluding hydrogens is 393 g/mol. The maximum absolute atomic E-state index is 12.6. The third-order valence-corrected chi connectivity index (χ3v) is 4.95. The van der Waals surface area contributed by atoms with Gasteiger partial charge in [-0.2, -0.15) is 5.10 Å². The van der Waals surface area contributed by atoms with Crippen LogP contribution < -0.4 is 5.32 Å². The van der Waals surface area contributed by atoms with Crippen molar-refractivity contribution in [3.8, 4) is 0 Å². The number of nitrogens with zero attached hydrogens (tertiary/aromatic N) is 2. The highest BCUT2D eigenvalue weighted by Gasteiger charge is 2.15. The largest absolute Gasteiger partial charge is 0.304 e. The number of hydrogen-bond donors (Lipinski definition) is 1. The van der Waals surface area contributed by atoms with Crippen LogP contribution in [0, 0.1) is 13.8 Å². The lowest BCUT2D eigenvalue weighted by Gasteiger charge is -2.08. The van der Waals surface area contributed by atoms with Gasteiger partial charge in [-0.15, -0.1) is 0 Å². The van der Waals surface area contributed by atoms with E-state index in [9.17, 15) is 4.79 Å². The fourth-order valence-electron chi connectivity index (χ4n) is 2.56. The monoisotopic (exact) mass is 407 g/mol. The van der Waals surface area contributed by atoms with Gasteiger partial charge in [-0.1, -0.05) is 58.6 Å². The van der Waals surface area contributed by atoms with Crippen LogP contribution in [-0.2, 0) is 6.54 Å². The molecule has 1 amide bonds. The van der Waals surface area contributed by atoms with E-state index in [1.165, 1.54) is 0 Å². The predicted octanol–water partition coefficient (Wildman–Crippen LogP) is 5.76. The Balaban J connectivity index is 1.82. The van der Waals surface area contributed by atoms with Gasteiger partial charge in [0.1, 0.15) is 5.02 Å². The molecule has 0 spiro atoms. The zero-order valence-corrected chi connectivity index (χ0v) is 16.5. The summed E-state index contributed by atoms with van der Waals surface area (Å²) >= 11 is 18.6. The molecule has 134 valence electrons. The fourth-order valence-corrected chi connectivity index (χ4v) is 3.28. The van der Waals surface area contributed by atoms with Crippen molar-refractivity contribution in [3.63, 3.8) is 0 Å². The number of rotatable bonds is 4. The highest BCUT2D eigenvalue weighted by Crippen LogP contribution is 2.27. The van der Waals surface area contributed by atoms with Gasteiger partial charge in [0.25, 0.3) is 5.91 Å². The van der Waals surface area contributed by atoms with Crippen LogP contribution in [0.4, 0.5) is 5.82 Å². The first kappa shape index (κ1) is 18.8. The van der Waals surface area contributed by atoms with Crippen molar-refractivity contribution in [2.24, 2.45) is 0 Å². The van der Waals surface area contributed by atoms with Crippen LogP contribution in [0.3, 0.4) is 0 Å². The van der Waals surface area contributed by atoms with E-state index in [1.807, 2.05) is 32.0 Å². The van der Waals surface area contributed by atoms with Gasteiger partial charge in [-0.05, 0) is 37.6 Å². The third-order valence-electron chi connectivity index (χ3n) is 3.97. The molecule has 0 saturated heterocycles. The van der Waals surface area contributed by atoms with Crippen LogP contribution in [0.2, 0.25) is 15.1 Å². The molecule has 3 rings (SSSR count). The highest BCUT2D eigenvalue weighted by molar-refractivity contribution is 6.36. The molecule has 1 aromatic heterocycles. The SMILES string of the molecule is Cc1ccc(C)c(C(=O)Nc2nn(Cc3c(Cl)cccc3Cl)cc2Cl)c1. The first-order chi connectivity index (χ1) is 12.3. The van der Waals surface area contributed by atoms with Crippen LogP contribution in [-0.4, -0.2) is 15.7 Å². The molecule has 0 atom stereocenters. The van der Waals surface area contributed by atoms with Crippen LogP contribution in [0.15, 0.2) is 42.6 Å². The van der Waals surface area contributed by atoms with Crippen LogP contribution >= 0.6 is 34.8 Å². The highest BCUT2D eigenvalue weighted by atomic mass is 35.5. The summed E-state index contributed by atoms with van der Waals surface area (Å²) in [7, 11) is 0. The average Bonchev–Trinajstić information content (AvgIpc) is 2.93. The van der Waals surface area contributed by atoms with E-state index in [0.29, 0.717) is 33.0 Å². The quantitative estimate of drug-likeness (QED) is 0.596. The zero-order valence-electron chi connectivity index (χ0n) is 14.2. The molecule has 0 fully saturated rings. The minimum atomic E-state index is -0.255. The summed E-state index contributed by atoms with van der Waals surface area (Å²) in [6.07, 6.45) is 1.62. The number of nitrogens with one attached hydrogen (secondary N) is 1. The Hall–Kier alpha value is -2.01. The molecule has 0 aliphatic carbocycles. The van der Waals surface area contributed by atoms with E-state index in [1.54, 1.807) is 29.1 Å². The van der Waals surface area contributed by atoms with E-state index in [0.717, 1.165) is 16.7 Å². The molecule has 2 aromatic carbocycles. The van der Waals surface area contributed by atoms with E-state index in [4.69, 9.17) is 34.8 Å². The van der Waals surface area contributed by atoms with Gasteiger partial charge in [0, 0.05) is 27.4 Å². The molecule has 0 aliphatic heterocycles. The van der Waals surface area contributed by atoms with Crippen molar-refractivity contribution in [1.29, 1.82) is 0 Å². The molecule has 0 aliphatic rings. The zero-order chi connectivity index (χ0) is 18.8. The Bertz CT molecular complexity index is 962. The Morgan fingerprint density at radius 3 is 2.46 bits per heavy atom.